The molecule has 1 aromatic carbocycles. The number of aryl methyl sites for hydroxylation is 1. The Labute approximate surface area is 86.0 Å². The van der Waals surface area contributed by atoms with E-state index in [2.05, 4.69) is 0 Å². The maximum atomic E-state index is 12.9. The first kappa shape index (κ1) is 12.8. The summed E-state index contributed by atoms with van der Waals surface area (Å²) >= 11 is 0. The fourth-order valence-electron chi connectivity index (χ4n) is 0.966. The second-order valence-corrected chi connectivity index (χ2v) is 2.63. The molecule has 14 heavy (non-hydrogen) atoms. The molecule has 0 aromatic heterocycles. The molecule has 0 atom stereocenters. The van der Waals surface area contributed by atoms with Crippen molar-refractivity contribution in [2.75, 3.05) is 0 Å². The summed E-state index contributed by atoms with van der Waals surface area (Å²) in [5.74, 6) is -2.35. The van der Waals surface area contributed by atoms with Gasteiger partial charge in [-0.15, -0.1) is 12.4 Å². The third-order valence-electron chi connectivity index (χ3n) is 1.62. The van der Waals surface area contributed by atoms with Gasteiger partial charge in [0.1, 0.15) is 11.6 Å². The van der Waals surface area contributed by atoms with Crippen molar-refractivity contribution in [3.63, 3.8) is 0 Å². The molecule has 0 heterocycles. The van der Waals surface area contributed by atoms with Gasteiger partial charge in [0.15, 0.2) is 0 Å². The van der Waals surface area contributed by atoms with Crippen molar-refractivity contribution in [3.05, 3.63) is 35.4 Å². The third-order valence-corrected chi connectivity index (χ3v) is 1.62. The summed E-state index contributed by atoms with van der Waals surface area (Å²) < 4.78 is 25.3. The summed E-state index contributed by atoms with van der Waals surface area (Å²) in [7, 11) is 0. The van der Waals surface area contributed by atoms with E-state index in [1.807, 2.05) is 0 Å². The lowest BCUT2D eigenvalue weighted by molar-refractivity contribution is -0.136. The lowest BCUT2D eigenvalue weighted by atomic mass is 10.1. The van der Waals surface area contributed by atoms with Gasteiger partial charge < -0.3 is 5.11 Å². The second-order valence-electron chi connectivity index (χ2n) is 2.63. The van der Waals surface area contributed by atoms with Gasteiger partial charge in [0.2, 0.25) is 0 Å². The van der Waals surface area contributed by atoms with Crippen LogP contribution in [0.3, 0.4) is 0 Å². The van der Waals surface area contributed by atoms with E-state index in [0.29, 0.717) is 0 Å². The highest BCUT2D eigenvalue weighted by molar-refractivity contribution is 5.85. The molecule has 0 bridgehead atoms. The van der Waals surface area contributed by atoms with Crippen molar-refractivity contribution in [3.8, 4) is 0 Å². The number of carbonyl (C=O) groups is 1. The fourth-order valence-corrected chi connectivity index (χ4v) is 0.966. The first-order chi connectivity index (χ1) is 6.09. The molecule has 1 rings (SSSR count). The van der Waals surface area contributed by atoms with Gasteiger partial charge in [-0.3, -0.25) is 4.79 Å². The molecule has 78 valence electrons. The quantitative estimate of drug-likeness (QED) is 0.853. The molecule has 0 saturated carbocycles. The SMILES string of the molecule is Cl.O=C(O)CCc1ccc(F)cc1F. The summed E-state index contributed by atoms with van der Waals surface area (Å²) in [6.45, 7) is 0. The van der Waals surface area contributed by atoms with Gasteiger partial charge >= 0.3 is 5.97 Å². The summed E-state index contributed by atoms with van der Waals surface area (Å²) in [6.07, 6.45) is -0.0655. The fraction of sp³-hybridized carbons (Fsp3) is 0.222. The largest absolute Gasteiger partial charge is 0.481 e. The van der Waals surface area contributed by atoms with Gasteiger partial charge in [0, 0.05) is 12.5 Å². The van der Waals surface area contributed by atoms with Crippen LogP contribution in [-0.2, 0) is 11.2 Å². The van der Waals surface area contributed by atoms with Gasteiger partial charge in [-0.05, 0) is 18.1 Å². The molecule has 0 fully saturated rings. The lowest BCUT2D eigenvalue weighted by Gasteiger charge is -2.00. The Morgan fingerprint density at radius 1 is 1.36 bits per heavy atom. The normalized spacial score (nSPS) is 9.29. The highest BCUT2D eigenvalue weighted by atomic mass is 35.5. The zero-order valence-corrected chi connectivity index (χ0v) is 7.98. The van der Waals surface area contributed by atoms with Crippen molar-refractivity contribution in [2.45, 2.75) is 12.8 Å². The highest BCUT2D eigenvalue weighted by Crippen LogP contribution is 2.11. The molecular formula is C9H9ClF2O2. The molecule has 5 heteroatoms. The Morgan fingerprint density at radius 2 is 2.00 bits per heavy atom. The van der Waals surface area contributed by atoms with Crippen molar-refractivity contribution in [1.29, 1.82) is 0 Å². The Kier molecular flexibility index (Phi) is 5.09. The van der Waals surface area contributed by atoms with Gasteiger partial charge in [-0.1, -0.05) is 6.07 Å². The Bertz CT molecular complexity index is 329. The number of carboxylic acids is 1. The van der Waals surface area contributed by atoms with Gasteiger partial charge in [-0.2, -0.15) is 0 Å². The van der Waals surface area contributed by atoms with Crippen LogP contribution >= 0.6 is 12.4 Å². The van der Waals surface area contributed by atoms with Crippen LogP contribution in [0.4, 0.5) is 8.78 Å². The zero-order chi connectivity index (χ0) is 9.84. The molecule has 0 radical (unpaired) electrons. The van der Waals surface area contributed by atoms with Crippen LogP contribution in [0.5, 0.6) is 0 Å². The predicted octanol–water partition coefficient (Wildman–Crippen LogP) is 2.40. The molecule has 0 unspecified atom stereocenters. The van der Waals surface area contributed by atoms with E-state index < -0.39 is 17.6 Å². The maximum Gasteiger partial charge on any atom is 0.303 e. The number of halogens is 3. The van der Waals surface area contributed by atoms with Gasteiger partial charge in [0.25, 0.3) is 0 Å². The number of rotatable bonds is 3. The minimum Gasteiger partial charge on any atom is -0.481 e. The molecular weight excluding hydrogens is 214 g/mol. The topological polar surface area (TPSA) is 37.3 Å². The van der Waals surface area contributed by atoms with Crippen LogP contribution in [0, 0.1) is 11.6 Å². The van der Waals surface area contributed by atoms with E-state index in [0.717, 1.165) is 12.1 Å². The average Bonchev–Trinajstić information content (AvgIpc) is 2.02. The summed E-state index contributed by atoms with van der Waals surface area (Å²) in [6, 6.07) is 3.12. The van der Waals surface area contributed by atoms with Gasteiger partial charge in [-0.25, -0.2) is 8.78 Å². The van der Waals surface area contributed by atoms with Crippen LogP contribution in [0.25, 0.3) is 0 Å². The second kappa shape index (κ2) is 5.54. The molecule has 0 saturated heterocycles. The molecule has 1 N–H and O–H groups in total. The Morgan fingerprint density at radius 3 is 2.50 bits per heavy atom. The highest BCUT2D eigenvalue weighted by Gasteiger charge is 2.05. The van der Waals surface area contributed by atoms with Crippen LogP contribution < -0.4 is 0 Å². The van der Waals surface area contributed by atoms with E-state index in [9.17, 15) is 13.6 Å². The minimum atomic E-state index is -0.997. The van der Waals surface area contributed by atoms with Crippen LogP contribution in [0.15, 0.2) is 18.2 Å². The Balaban J connectivity index is 0.00000169. The summed E-state index contributed by atoms with van der Waals surface area (Å²) in [5.41, 5.74) is 0.226. The first-order valence-corrected chi connectivity index (χ1v) is 3.75. The van der Waals surface area contributed by atoms with Crippen molar-refractivity contribution < 1.29 is 18.7 Å². The number of hydrogen-bond acceptors (Lipinski definition) is 1. The van der Waals surface area contributed by atoms with Crippen molar-refractivity contribution >= 4 is 18.4 Å². The lowest BCUT2D eigenvalue weighted by Crippen LogP contribution is -1.99. The number of carboxylic acid groups (broad SMARTS) is 1. The third kappa shape index (κ3) is 3.70. The number of benzene rings is 1. The molecule has 0 aliphatic heterocycles. The monoisotopic (exact) mass is 222 g/mol. The Hall–Kier alpha value is -1.16. The number of hydrogen-bond donors (Lipinski definition) is 1. The predicted molar refractivity (Wildman–Crippen MR) is 49.6 cm³/mol. The minimum absolute atomic E-state index is 0. The zero-order valence-electron chi connectivity index (χ0n) is 7.17. The summed E-state index contributed by atoms with van der Waals surface area (Å²) in [4.78, 5) is 10.2. The number of aliphatic carboxylic acids is 1. The van der Waals surface area contributed by atoms with Crippen LogP contribution in [0.2, 0.25) is 0 Å². The van der Waals surface area contributed by atoms with E-state index in [-0.39, 0.29) is 30.8 Å². The standard InChI is InChI=1S/C9H8F2O2.ClH/c10-7-3-1-6(8(11)5-7)2-4-9(12)13;/h1,3,5H,2,4H2,(H,12,13);1H. The molecule has 0 spiro atoms. The molecule has 0 aliphatic rings. The smallest absolute Gasteiger partial charge is 0.303 e. The average molecular weight is 223 g/mol. The van der Waals surface area contributed by atoms with E-state index in [4.69, 9.17) is 5.11 Å². The van der Waals surface area contributed by atoms with Crippen molar-refractivity contribution in [2.24, 2.45) is 0 Å². The van der Waals surface area contributed by atoms with E-state index in [1.165, 1.54) is 6.07 Å². The van der Waals surface area contributed by atoms with Gasteiger partial charge in [0.05, 0.1) is 0 Å². The molecule has 0 amide bonds. The van der Waals surface area contributed by atoms with Crippen LogP contribution in [-0.4, -0.2) is 11.1 Å². The molecule has 0 aliphatic carbocycles. The molecule has 2 nitrogen and oxygen atoms in total. The maximum absolute atomic E-state index is 12.9. The van der Waals surface area contributed by atoms with E-state index in [1.54, 1.807) is 0 Å². The van der Waals surface area contributed by atoms with E-state index >= 15 is 0 Å². The van der Waals surface area contributed by atoms with Crippen LogP contribution in [0.1, 0.15) is 12.0 Å². The van der Waals surface area contributed by atoms with Crippen molar-refractivity contribution in [1.82, 2.24) is 0 Å². The summed E-state index contributed by atoms with van der Waals surface area (Å²) in [5, 5.41) is 8.32. The molecule has 1 aromatic rings. The first-order valence-electron chi connectivity index (χ1n) is 3.75.